The van der Waals surface area contributed by atoms with E-state index in [4.69, 9.17) is 49.0 Å². The maximum atomic E-state index is 12.2. The largest absolute Gasteiger partial charge is 0.388 e. The standard InChI is InChI=1S/C17H20Cl3NO5S/c1-16(2)24-8-10-13(26-16)12(22)11(21-15(23)17(18,19)20)14(25-10)27-9-6-4-3-5-7-9/h3-7,10-14,22H,8H2,1-2H3,(H,21,23)/t10-,11-,12-,13-,14+/m1/s1. The minimum atomic E-state index is -2.16. The molecule has 1 aromatic carbocycles. The lowest BCUT2D eigenvalue weighted by molar-refractivity contribution is -0.341. The Kier molecular flexibility index (Phi) is 6.55. The Balaban J connectivity index is 1.84. The van der Waals surface area contributed by atoms with Crippen molar-refractivity contribution in [1.29, 1.82) is 0 Å². The van der Waals surface area contributed by atoms with Crippen LogP contribution in [0.25, 0.3) is 0 Å². The number of thioether (sulfide) groups is 1. The fraction of sp³-hybridized carbons (Fsp3) is 0.588. The topological polar surface area (TPSA) is 77.0 Å². The van der Waals surface area contributed by atoms with E-state index in [0.717, 1.165) is 4.90 Å². The summed E-state index contributed by atoms with van der Waals surface area (Å²) < 4.78 is 15.4. The molecule has 1 amide bonds. The van der Waals surface area contributed by atoms with Gasteiger partial charge in [-0.1, -0.05) is 64.8 Å². The Bertz CT molecular complexity index is 672. The molecule has 0 radical (unpaired) electrons. The van der Waals surface area contributed by atoms with Crippen molar-refractivity contribution in [3.63, 3.8) is 0 Å². The van der Waals surface area contributed by atoms with Crippen molar-refractivity contribution in [3.8, 4) is 0 Å². The van der Waals surface area contributed by atoms with Crippen LogP contribution in [0.15, 0.2) is 35.2 Å². The second-order valence-corrected chi connectivity index (χ2v) is 10.2. The summed E-state index contributed by atoms with van der Waals surface area (Å²) in [5, 5.41) is 13.5. The maximum Gasteiger partial charge on any atom is 0.272 e. The second kappa shape index (κ2) is 8.24. The predicted molar refractivity (Wildman–Crippen MR) is 104 cm³/mol. The van der Waals surface area contributed by atoms with Crippen molar-refractivity contribution < 1.29 is 24.1 Å². The van der Waals surface area contributed by atoms with Gasteiger partial charge in [-0.15, -0.1) is 0 Å². The number of alkyl halides is 3. The van der Waals surface area contributed by atoms with Crippen molar-refractivity contribution in [1.82, 2.24) is 5.32 Å². The van der Waals surface area contributed by atoms with Gasteiger partial charge in [0.15, 0.2) is 5.79 Å². The molecule has 3 rings (SSSR count). The summed E-state index contributed by atoms with van der Waals surface area (Å²) in [5.41, 5.74) is -0.631. The summed E-state index contributed by atoms with van der Waals surface area (Å²) in [6.07, 6.45) is -2.26. The molecule has 0 aliphatic carbocycles. The van der Waals surface area contributed by atoms with Crippen molar-refractivity contribution in [2.75, 3.05) is 6.61 Å². The van der Waals surface area contributed by atoms with Crippen LogP contribution >= 0.6 is 46.6 Å². The first-order valence-corrected chi connectivity index (χ1v) is 10.3. The summed E-state index contributed by atoms with van der Waals surface area (Å²) in [5.74, 6) is -1.72. The van der Waals surface area contributed by atoms with E-state index >= 15 is 0 Å². The number of carbonyl (C=O) groups is 1. The molecule has 2 aliphatic heterocycles. The Hall–Kier alpha value is -0.250. The highest BCUT2D eigenvalue weighted by Crippen LogP contribution is 2.38. The maximum absolute atomic E-state index is 12.2. The van der Waals surface area contributed by atoms with Crippen molar-refractivity contribution in [3.05, 3.63) is 30.3 Å². The van der Waals surface area contributed by atoms with Crippen LogP contribution in [-0.4, -0.2) is 57.0 Å². The van der Waals surface area contributed by atoms with Crippen molar-refractivity contribution in [2.24, 2.45) is 0 Å². The molecule has 0 saturated carbocycles. The number of halogens is 3. The minimum absolute atomic E-state index is 0.256. The van der Waals surface area contributed by atoms with Gasteiger partial charge < -0.3 is 24.6 Å². The number of hydrogen-bond donors (Lipinski definition) is 2. The van der Waals surface area contributed by atoms with Gasteiger partial charge in [-0.3, -0.25) is 4.79 Å². The Morgan fingerprint density at radius 1 is 1.30 bits per heavy atom. The number of aliphatic hydroxyl groups is 1. The summed E-state index contributed by atoms with van der Waals surface area (Å²) in [7, 11) is 0. The number of aliphatic hydroxyl groups excluding tert-OH is 1. The second-order valence-electron chi connectivity index (χ2n) is 6.75. The molecule has 0 aromatic heterocycles. The molecule has 2 saturated heterocycles. The molecular formula is C17H20Cl3NO5S. The van der Waals surface area contributed by atoms with Gasteiger partial charge in [0.05, 0.1) is 12.6 Å². The third-order valence-electron chi connectivity index (χ3n) is 4.24. The first kappa shape index (κ1) is 21.5. The molecule has 150 valence electrons. The molecule has 10 heteroatoms. The van der Waals surface area contributed by atoms with Crippen LogP contribution in [-0.2, 0) is 19.0 Å². The van der Waals surface area contributed by atoms with Gasteiger partial charge in [-0.2, -0.15) is 0 Å². The van der Waals surface area contributed by atoms with Gasteiger partial charge >= 0.3 is 0 Å². The fourth-order valence-electron chi connectivity index (χ4n) is 2.96. The molecule has 5 atom stereocenters. The van der Waals surface area contributed by atoms with Crippen LogP contribution in [0.3, 0.4) is 0 Å². The SMILES string of the molecule is CC1(C)OC[C@H]2O[C@@H](Sc3ccccc3)[C@H](NC(=O)C(Cl)(Cl)Cl)[C@@H](O)[C@@H]2O1. The molecule has 2 N–H and O–H groups in total. The number of benzene rings is 1. The Labute approximate surface area is 176 Å². The molecule has 1 aromatic rings. The van der Waals surface area contributed by atoms with E-state index in [0.29, 0.717) is 0 Å². The average Bonchev–Trinajstić information content (AvgIpc) is 2.58. The lowest BCUT2D eigenvalue weighted by atomic mass is 9.96. The van der Waals surface area contributed by atoms with E-state index in [1.54, 1.807) is 13.8 Å². The zero-order valence-electron chi connectivity index (χ0n) is 14.6. The number of amides is 1. The summed E-state index contributed by atoms with van der Waals surface area (Å²) in [4.78, 5) is 13.1. The highest BCUT2D eigenvalue weighted by molar-refractivity contribution is 7.99. The fourth-order valence-corrected chi connectivity index (χ4v) is 4.28. The van der Waals surface area contributed by atoms with E-state index in [1.807, 2.05) is 30.3 Å². The number of nitrogens with one attached hydrogen (secondary N) is 1. The highest BCUT2D eigenvalue weighted by atomic mass is 35.6. The lowest BCUT2D eigenvalue weighted by Crippen LogP contribution is -2.68. The molecule has 0 spiro atoms. The van der Waals surface area contributed by atoms with Crippen LogP contribution in [0.4, 0.5) is 0 Å². The van der Waals surface area contributed by atoms with Gasteiger partial charge in [0.25, 0.3) is 9.70 Å². The quantitative estimate of drug-likeness (QED) is 0.681. The van der Waals surface area contributed by atoms with E-state index < -0.39 is 45.3 Å². The number of carbonyl (C=O) groups excluding carboxylic acids is 1. The third kappa shape index (κ3) is 5.22. The van der Waals surface area contributed by atoms with Crippen molar-refractivity contribution in [2.45, 2.75) is 58.1 Å². The van der Waals surface area contributed by atoms with Crippen LogP contribution < -0.4 is 5.32 Å². The van der Waals surface area contributed by atoms with Gasteiger partial charge in [0, 0.05) is 4.90 Å². The van der Waals surface area contributed by atoms with Gasteiger partial charge in [-0.05, 0) is 26.0 Å². The Morgan fingerprint density at radius 3 is 2.59 bits per heavy atom. The first-order valence-electron chi connectivity index (χ1n) is 8.31. The normalized spacial score (nSPS) is 33.2. The van der Waals surface area contributed by atoms with Gasteiger partial charge in [0.1, 0.15) is 23.7 Å². The number of ether oxygens (including phenoxy) is 3. The lowest BCUT2D eigenvalue weighted by Gasteiger charge is -2.50. The number of fused-ring (bicyclic) bond motifs is 1. The van der Waals surface area contributed by atoms with Crippen LogP contribution in [0, 0.1) is 0 Å². The molecule has 6 nitrogen and oxygen atoms in total. The molecule has 27 heavy (non-hydrogen) atoms. The van der Waals surface area contributed by atoms with Gasteiger partial charge in [-0.25, -0.2) is 0 Å². The minimum Gasteiger partial charge on any atom is -0.388 e. The van der Waals surface area contributed by atoms with Crippen molar-refractivity contribution >= 4 is 52.5 Å². The molecule has 2 heterocycles. The van der Waals surface area contributed by atoms with E-state index in [9.17, 15) is 9.90 Å². The van der Waals surface area contributed by atoms with Gasteiger partial charge in [0.2, 0.25) is 0 Å². The number of rotatable bonds is 3. The molecule has 2 aliphatic rings. The summed E-state index contributed by atoms with van der Waals surface area (Å²) in [6.45, 7) is 3.75. The number of hydrogen-bond acceptors (Lipinski definition) is 6. The highest BCUT2D eigenvalue weighted by Gasteiger charge is 2.52. The van der Waals surface area contributed by atoms with E-state index in [2.05, 4.69) is 5.32 Å². The predicted octanol–water partition coefficient (Wildman–Crippen LogP) is 2.87. The van der Waals surface area contributed by atoms with Crippen LogP contribution in [0.2, 0.25) is 0 Å². The van der Waals surface area contributed by atoms with E-state index in [1.165, 1.54) is 11.8 Å². The first-order chi connectivity index (χ1) is 12.6. The van der Waals surface area contributed by atoms with Crippen LogP contribution in [0.5, 0.6) is 0 Å². The molecular weight excluding hydrogens is 437 g/mol. The zero-order chi connectivity index (χ0) is 19.8. The average molecular weight is 457 g/mol. The molecule has 0 bridgehead atoms. The zero-order valence-corrected chi connectivity index (χ0v) is 17.7. The third-order valence-corrected chi connectivity index (χ3v) is 5.93. The summed E-state index contributed by atoms with van der Waals surface area (Å²) >= 11 is 18.4. The summed E-state index contributed by atoms with van der Waals surface area (Å²) in [6, 6.07) is 8.61. The smallest absolute Gasteiger partial charge is 0.272 e. The van der Waals surface area contributed by atoms with Crippen LogP contribution in [0.1, 0.15) is 13.8 Å². The van der Waals surface area contributed by atoms with E-state index in [-0.39, 0.29) is 6.61 Å². The monoisotopic (exact) mass is 455 g/mol. The molecule has 0 unspecified atom stereocenters. The Morgan fingerprint density at radius 2 is 1.96 bits per heavy atom. The molecule has 2 fully saturated rings.